The lowest BCUT2D eigenvalue weighted by Crippen LogP contribution is -2.66. The highest BCUT2D eigenvalue weighted by Crippen LogP contribution is 2.37. The molecule has 0 amide bonds. The molecule has 0 aromatic heterocycles. The molecule has 0 saturated carbocycles. The second-order valence-electron chi connectivity index (χ2n) is 19.3. The zero-order valence-electron chi connectivity index (χ0n) is 45.5. The lowest BCUT2D eigenvalue weighted by Gasteiger charge is -2.49. The molecule has 0 radical (unpaired) electrons. The molecule has 434 valence electrons. The molecular formula is C57H69NO21S. The van der Waals surface area contributed by atoms with Crippen molar-refractivity contribution in [1.82, 2.24) is 4.72 Å². The summed E-state index contributed by atoms with van der Waals surface area (Å²) >= 11 is 0. The normalized spacial score (nSPS) is 27.7. The van der Waals surface area contributed by atoms with Crippen LogP contribution in [0.25, 0.3) is 0 Å². The summed E-state index contributed by atoms with van der Waals surface area (Å²) in [5.41, 5.74) is 3.30. The molecule has 3 fully saturated rings. The molecule has 1 N–H and O–H groups in total. The van der Waals surface area contributed by atoms with Gasteiger partial charge < -0.3 is 66.3 Å². The number of methoxy groups -OCH3 is 1. The van der Waals surface area contributed by atoms with Crippen molar-refractivity contribution < 1.29 is 98.7 Å². The fourth-order valence-corrected chi connectivity index (χ4v) is 10.7. The maximum atomic E-state index is 14.6. The van der Waals surface area contributed by atoms with Gasteiger partial charge in [0.2, 0.25) is 10.0 Å². The third kappa shape index (κ3) is 17.6. The van der Waals surface area contributed by atoms with Crippen molar-refractivity contribution in [2.45, 2.75) is 159 Å². The van der Waals surface area contributed by atoms with E-state index in [1.807, 2.05) is 91.0 Å². The lowest BCUT2D eigenvalue weighted by atomic mass is 9.95. The number of rotatable bonds is 25. The van der Waals surface area contributed by atoms with Gasteiger partial charge in [0.15, 0.2) is 37.2 Å². The van der Waals surface area contributed by atoms with Crippen molar-refractivity contribution >= 4 is 39.9 Å². The largest absolute Gasteiger partial charge is 0.463 e. The van der Waals surface area contributed by atoms with E-state index in [-0.39, 0.29) is 37.7 Å². The molecule has 3 heterocycles. The van der Waals surface area contributed by atoms with Crippen LogP contribution >= 0.6 is 0 Å². The van der Waals surface area contributed by atoms with Crippen molar-refractivity contribution in [2.24, 2.45) is 0 Å². The number of benzene rings is 4. The molecule has 3 aliphatic heterocycles. The number of ether oxygens (including phenoxy) is 14. The van der Waals surface area contributed by atoms with E-state index in [9.17, 15) is 32.4 Å². The number of aryl methyl sites for hydroxylation is 1. The van der Waals surface area contributed by atoms with E-state index in [1.165, 1.54) is 19.2 Å². The van der Waals surface area contributed by atoms with Crippen LogP contribution in [0.2, 0.25) is 0 Å². The molecule has 23 heteroatoms. The smallest absolute Gasteiger partial charge is 0.303 e. The fourth-order valence-electron chi connectivity index (χ4n) is 9.39. The number of hydrogen-bond donors (Lipinski definition) is 1. The number of sulfonamides is 1. The minimum Gasteiger partial charge on any atom is -0.463 e. The van der Waals surface area contributed by atoms with E-state index in [4.69, 9.17) is 66.3 Å². The average Bonchev–Trinajstić information content (AvgIpc) is 3.48. The van der Waals surface area contributed by atoms with Gasteiger partial charge >= 0.3 is 29.8 Å². The highest BCUT2D eigenvalue weighted by atomic mass is 32.2. The standard InChI is InChI=1S/C57H69NO21S/c1-34-23-25-43(26-24-34)80(64,65)58-44-27-48(75-46(32-68-35(2)59)49(44)79-57-55(74-39(6)63)53(73-38(5)62)51(72-37(4)61)47(77-57)33-69-36(3)60)78-50-45(31-67-28-40-17-11-8-12-18-40)76-56(66-7)54(71-30-42-21-15-10-16-22-42)52(50)70-29-41-19-13-9-14-20-41/h8-26,44-58H,27-33H2,1-7H3/t44-,45+,46+,47+,48+,49-,50+,51+,52-,53-,54+,55+,56-,57+/m0/s1. The summed E-state index contributed by atoms with van der Waals surface area (Å²) in [6, 6.07) is 32.9. The summed E-state index contributed by atoms with van der Waals surface area (Å²) in [6.07, 6.45) is -18.2. The van der Waals surface area contributed by atoms with E-state index in [0.717, 1.165) is 56.9 Å². The third-order valence-corrected chi connectivity index (χ3v) is 14.5. The first-order chi connectivity index (χ1) is 38.4. The van der Waals surface area contributed by atoms with Crippen molar-refractivity contribution in [3.05, 3.63) is 138 Å². The second-order valence-corrected chi connectivity index (χ2v) is 21.0. The Morgan fingerprint density at radius 3 is 1.50 bits per heavy atom. The molecule has 80 heavy (non-hydrogen) atoms. The average molecular weight is 1140 g/mol. The first-order valence-electron chi connectivity index (χ1n) is 26.0. The number of hydrogen-bond acceptors (Lipinski definition) is 21. The quantitative estimate of drug-likeness (QED) is 0.0681. The molecule has 3 aliphatic rings. The van der Waals surface area contributed by atoms with Gasteiger partial charge in [0, 0.05) is 48.1 Å². The molecule has 22 nitrogen and oxygen atoms in total. The summed E-state index contributed by atoms with van der Waals surface area (Å²) in [4.78, 5) is 63.0. The molecule has 7 rings (SSSR count). The van der Waals surface area contributed by atoms with Crippen LogP contribution in [0.1, 0.15) is 63.3 Å². The van der Waals surface area contributed by atoms with Crippen LogP contribution in [0.4, 0.5) is 0 Å². The van der Waals surface area contributed by atoms with Crippen molar-refractivity contribution in [1.29, 1.82) is 0 Å². The Balaban J connectivity index is 1.31. The van der Waals surface area contributed by atoms with Crippen LogP contribution in [0, 0.1) is 6.92 Å². The zero-order chi connectivity index (χ0) is 57.3. The minimum absolute atomic E-state index is 0.0655. The summed E-state index contributed by atoms with van der Waals surface area (Å²) in [7, 11) is -3.02. The number of esters is 5. The van der Waals surface area contributed by atoms with Crippen LogP contribution in [-0.2, 0) is 120 Å². The first kappa shape index (κ1) is 61.4. The van der Waals surface area contributed by atoms with Gasteiger partial charge in [-0.05, 0) is 35.7 Å². The van der Waals surface area contributed by atoms with Crippen LogP contribution in [0.3, 0.4) is 0 Å². The van der Waals surface area contributed by atoms with Gasteiger partial charge in [-0.25, -0.2) is 13.1 Å². The van der Waals surface area contributed by atoms with Crippen molar-refractivity contribution in [2.75, 3.05) is 26.9 Å². The SMILES string of the molecule is CO[C@H]1O[C@H](COCc2ccccc2)[C@@H](O[C@@H]2C[C@H](NS(=O)(=O)c3ccc(C)cc3)[C@H](O[C@H]3O[C@H](COC(C)=O)[C@@H](OC(C)=O)[C@H](OC(C)=O)[C@H]3OC(C)=O)[C@@H](COC(C)=O)O2)[C@H](OCc2ccccc2)[C@H]1OCc1ccccc1. The molecular weight excluding hydrogens is 1070 g/mol. The van der Waals surface area contributed by atoms with Gasteiger partial charge in [-0.2, -0.15) is 0 Å². The molecule has 0 bridgehead atoms. The summed E-state index contributed by atoms with van der Waals surface area (Å²) in [5, 5.41) is 0. The van der Waals surface area contributed by atoms with Gasteiger partial charge in [0.05, 0.1) is 37.4 Å². The second kappa shape index (κ2) is 29.5. The van der Waals surface area contributed by atoms with E-state index in [2.05, 4.69) is 4.72 Å². The Bertz CT molecular complexity index is 2740. The van der Waals surface area contributed by atoms with Gasteiger partial charge in [-0.3, -0.25) is 24.0 Å². The predicted molar refractivity (Wildman–Crippen MR) is 279 cm³/mol. The summed E-state index contributed by atoms with van der Waals surface area (Å²) in [5.74, 6) is -4.20. The first-order valence-corrected chi connectivity index (χ1v) is 27.5. The number of carbonyl (C=O) groups excluding carboxylic acids is 5. The lowest BCUT2D eigenvalue weighted by molar-refractivity contribution is -0.361. The molecule has 14 atom stereocenters. The Morgan fingerprint density at radius 1 is 0.500 bits per heavy atom. The van der Waals surface area contributed by atoms with Crippen molar-refractivity contribution in [3.8, 4) is 0 Å². The van der Waals surface area contributed by atoms with E-state index < -0.39 is 139 Å². The molecule has 3 saturated heterocycles. The monoisotopic (exact) mass is 1140 g/mol. The van der Waals surface area contributed by atoms with E-state index >= 15 is 0 Å². The van der Waals surface area contributed by atoms with Crippen LogP contribution in [0.5, 0.6) is 0 Å². The maximum absolute atomic E-state index is 14.6. The van der Waals surface area contributed by atoms with Gasteiger partial charge in [0.25, 0.3) is 0 Å². The van der Waals surface area contributed by atoms with Crippen molar-refractivity contribution in [3.63, 3.8) is 0 Å². The number of carbonyl (C=O) groups is 5. The zero-order valence-corrected chi connectivity index (χ0v) is 46.3. The maximum Gasteiger partial charge on any atom is 0.303 e. The minimum atomic E-state index is -4.49. The molecule has 4 aromatic carbocycles. The van der Waals surface area contributed by atoms with Gasteiger partial charge in [-0.15, -0.1) is 0 Å². The van der Waals surface area contributed by atoms with E-state index in [1.54, 1.807) is 19.1 Å². The van der Waals surface area contributed by atoms with Crippen LogP contribution < -0.4 is 4.72 Å². The summed E-state index contributed by atoms with van der Waals surface area (Å²) in [6.45, 7) is 6.33. The Labute approximate surface area is 464 Å². The Morgan fingerprint density at radius 2 is 0.975 bits per heavy atom. The molecule has 0 spiro atoms. The van der Waals surface area contributed by atoms with E-state index in [0.29, 0.717) is 0 Å². The molecule has 4 aromatic rings. The number of nitrogens with one attached hydrogen (secondary N) is 1. The third-order valence-electron chi connectivity index (χ3n) is 13.0. The highest BCUT2D eigenvalue weighted by molar-refractivity contribution is 7.89. The molecule has 0 aliphatic carbocycles. The highest BCUT2D eigenvalue weighted by Gasteiger charge is 2.56. The van der Waals surface area contributed by atoms with Gasteiger partial charge in [-0.1, -0.05) is 109 Å². The predicted octanol–water partition coefficient (Wildman–Crippen LogP) is 4.93. The fraction of sp³-hybridized carbons (Fsp3) is 0.491. The van der Waals surface area contributed by atoms with Crippen LogP contribution in [0.15, 0.2) is 120 Å². The van der Waals surface area contributed by atoms with Gasteiger partial charge in [0.1, 0.15) is 55.9 Å². The van der Waals surface area contributed by atoms with Crippen LogP contribution in [-0.4, -0.2) is 151 Å². The Kier molecular flexibility index (Phi) is 22.6. The Hall–Kier alpha value is -6.22. The molecule has 0 unspecified atom stereocenters. The summed E-state index contributed by atoms with van der Waals surface area (Å²) < 4.78 is 119. The topological polar surface area (TPSA) is 261 Å².